The van der Waals surface area contributed by atoms with Crippen molar-refractivity contribution in [3.05, 3.63) is 49.8 Å². The van der Waals surface area contributed by atoms with Crippen LogP contribution in [0.3, 0.4) is 0 Å². The Balaban J connectivity index is 2.17. The summed E-state index contributed by atoms with van der Waals surface area (Å²) in [5, 5.41) is 0.709. The SMILES string of the molecule is NC(Cc1cncs1)c1ccc(Cl)cc1Br. The van der Waals surface area contributed by atoms with E-state index >= 15 is 0 Å². The van der Waals surface area contributed by atoms with Gasteiger partial charge in [0.15, 0.2) is 0 Å². The Bertz CT molecular complexity index is 473. The topological polar surface area (TPSA) is 38.9 Å². The largest absolute Gasteiger partial charge is 0.324 e. The van der Waals surface area contributed by atoms with Gasteiger partial charge in [0.25, 0.3) is 0 Å². The third kappa shape index (κ3) is 2.83. The minimum absolute atomic E-state index is 0.0351. The second-order valence-corrected chi connectivity index (χ2v) is 5.71. The summed E-state index contributed by atoms with van der Waals surface area (Å²) < 4.78 is 0.956. The van der Waals surface area contributed by atoms with Gasteiger partial charge in [0.1, 0.15) is 0 Å². The standard InChI is InChI=1S/C11H10BrClN2S/c12-10-3-7(13)1-2-9(10)11(14)4-8-5-15-6-16-8/h1-3,5-6,11H,4,14H2. The molecule has 0 radical (unpaired) electrons. The van der Waals surface area contributed by atoms with Crippen LogP contribution < -0.4 is 5.73 Å². The lowest BCUT2D eigenvalue weighted by atomic mass is 10.0. The zero-order valence-corrected chi connectivity index (χ0v) is 11.5. The molecule has 0 aliphatic rings. The van der Waals surface area contributed by atoms with Crippen LogP contribution in [0.4, 0.5) is 0 Å². The third-order valence-electron chi connectivity index (χ3n) is 2.27. The fourth-order valence-corrected chi connectivity index (χ4v) is 3.10. The highest BCUT2D eigenvalue weighted by atomic mass is 79.9. The maximum atomic E-state index is 6.14. The zero-order chi connectivity index (χ0) is 11.5. The Labute approximate surface area is 112 Å². The number of nitrogens with two attached hydrogens (primary N) is 1. The second-order valence-electron chi connectivity index (χ2n) is 3.44. The lowest BCUT2D eigenvalue weighted by Gasteiger charge is -2.12. The van der Waals surface area contributed by atoms with Crippen LogP contribution >= 0.6 is 38.9 Å². The zero-order valence-electron chi connectivity index (χ0n) is 8.36. The molecule has 84 valence electrons. The molecule has 2 aromatic rings. The second kappa shape index (κ2) is 5.27. The normalized spacial score (nSPS) is 12.7. The van der Waals surface area contributed by atoms with Crippen molar-refractivity contribution >= 4 is 38.9 Å². The van der Waals surface area contributed by atoms with E-state index in [2.05, 4.69) is 20.9 Å². The van der Waals surface area contributed by atoms with Gasteiger partial charge in [-0.2, -0.15) is 0 Å². The first kappa shape index (κ1) is 12.0. The lowest BCUT2D eigenvalue weighted by Crippen LogP contribution is -2.13. The van der Waals surface area contributed by atoms with Gasteiger partial charge in [0, 0.05) is 33.0 Å². The van der Waals surface area contributed by atoms with Crippen molar-refractivity contribution in [1.82, 2.24) is 4.98 Å². The van der Waals surface area contributed by atoms with E-state index in [1.54, 1.807) is 11.3 Å². The highest BCUT2D eigenvalue weighted by Crippen LogP contribution is 2.27. The highest BCUT2D eigenvalue weighted by Gasteiger charge is 2.11. The van der Waals surface area contributed by atoms with E-state index in [1.807, 2.05) is 29.9 Å². The quantitative estimate of drug-likeness (QED) is 0.935. The summed E-state index contributed by atoms with van der Waals surface area (Å²) in [6.45, 7) is 0. The third-order valence-corrected chi connectivity index (χ3v) is 3.99. The van der Waals surface area contributed by atoms with Crippen molar-refractivity contribution in [3.8, 4) is 0 Å². The van der Waals surface area contributed by atoms with Gasteiger partial charge in [-0.25, -0.2) is 0 Å². The predicted octanol–water partition coefficient (Wildman–Crippen LogP) is 3.80. The number of benzene rings is 1. The Morgan fingerprint density at radius 2 is 2.31 bits per heavy atom. The van der Waals surface area contributed by atoms with E-state index in [0.29, 0.717) is 5.02 Å². The van der Waals surface area contributed by atoms with Gasteiger partial charge in [-0.15, -0.1) is 11.3 Å². The van der Waals surface area contributed by atoms with Crippen LogP contribution in [0, 0.1) is 0 Å². The monoisotopic (exact) mass is 316 g/mol. The van der Waals surface area contributed by atoms with Gasteiger partial charge in [0.05, 0.1) is 5.51 Å². The van der Waals surface area contributed by atoms with Gasteiger partial charge >= 0.3 is 0 Å². The molecule has 1 atom stereocenters. The first-order valence-electron chi connectivity index (χ1n) is 4.74. The van der Waals surface area contributed by atoms with Crippen molar-refractivity contribution in [1.29, 1.82) is 0 Å². The fraction of sp³-hybridized carbons (Fsp3) is 0.182. The molecule has 16 heavy (non-hydrogen) atoms. The molecular weight excluding hydrogens is 308 g/mol. The molecule has 2 rings (SSSR count). The Morgan fingerprint density at radius 3 is 2.94 bits per heavy atom. The average molecular weight is 318 g/mol. The van der Waals surface area contributed by atoms with Crippen LogP contribution in [-0.2, 0) is 6.42 Å². The molecule has 2 nitrogen and oxygen atoms in total. The van der Waals surface area contributed by atoms with Crippen molar-refractivity contribution in [2.75, 3.05) is 0 Å². The molecule has 0 bridgehead atoms. The van der Waals surface area contributed by atoms with E-state index in [-0.39, 0.29) is 6.04 Å². The van der Waals surface area contributed by atoms with Crippen molar-refractivity contribution in [2.45, 2.75) is 12.5 Å². The van der Waals surface area contributed by atoms with Crippen LogP contribution in [0.2, 0.25) is 5.02 Å². The van der Waals surface area contributed by atoms with Gasteiger partial charge in [-0.3, -0.25) is 4.98 Å². The molecule has 1 heterocycles. The minimum atomic E-state index is -0.0351. The van der Waals surface area contributed by atoms with Crippen LogP contribution in [0.1, 0.15) is 16.5 Å². The molecule has 0 saturated heterocycles. The van der Waals surface area contributed by atoms with E-state index in [9.17, 15) is 0 Å². The molecule has 0 saturated carbocycles. The maximum absolute atomic E-state index is 6.14. The van der Waals surface area contributed by atoms with E-state index < -0.39 is 0 Å². The molecule has 0 spiro atoms. The average Bonchev–Trinajstić information content (AvgIpc) is 2.70. The van der Waals surface area contributed by atoms with Gasteiger partial charge in [-0.05, 0) is 17.7 Å². The summed E-state index contributed by atoms with van der Waals surface area (Å²) in [6.07, 6.45) is 2.65. The Kier molecular flexibility index (Phi) is 3.97. The Morgan fingerprint density at radius 1 is 1.50 bits per heavy atom. The molecule has 0 fully saturated rings. The molecule has 1 unspecified atom stereocenters. The number of halogens is 2. The molecule has 0 aliphatic heterocycles. The first-order chi connectivity index (χ1) is 7.66. The lowest BCUT2D eigenvalue weighted by molar-refractivity contribution is 0.725. The summed E-state index contributed by atoms with van der Waals surface area (Å²) in [7, 11) is 0. The number of hydrogen-bond acceptors (Lipinski definition) is 3. The molecule has 5 heteroatoms. The van der Waals surface area contributed by atoms with E-state index in [0.717, 1.165) is 16.5 Å². The van der Waals surface area contributed by atoms with Crippen LogP contribution in [0.25, 0.3) is 0 Å². The fourth-order valence-electron chi connectivity index (χ4n) is 1.47. The number of rotatable bonds is 3. The molecule has 0 amide bonds. The summed E-state index contributed by atoms with van der Waals surface area (Å²) in [6, 6.07) is 5.64. The van der Waals surface area contributed by atoms with Crippen LogP contribution in [-0.4, -0.2) is 4.98 Å². The summed E-state index contributed by atoms with van der Waals surface area (Å²) in [5.41, 5.74) is 9.03. The molecule has 2 N–H and O–H groups in total. The van der Waals surface area contributed by atoms with E-state index in [4.69, 9.17) is 17.3 Å². The maximum Gasteiger partial charge on any atom is 0.0794 e. The van der Waals surface area contributed by atoms with Crippen molar-refractivity contribution in [2.24, 2.45) is 5.73 Å². The smallest absolute Gasteiger partial charge is 0.0794 e. The van der Waals surface area contributed by atoms with Crippen molar-refractivity contribution < 1.29 is 0 Å². The number of aromatic nitrogens is 1. The van der Waals surface area contributed by atoms with Crippen LogP contribution in [0.15, 0.2) is 34.4 Å². The van der Waals surface area contributed by atoms with Gasteiger partial charge < -0.3 is 5.73 Å². The number of hydrogen-bond donors (Lipinski definition) is 1. The minimum Gasteiger partial charge on any atom is -0.324 e. The molecular formula is C11H10BrClN2S. The Hall–Kier alpha value is -0.420. The van der Waals surface area contributed by atoms with Crippen molar-refractivity contribution in [3.63, 3.8) is 0 Å². The summed E-state index contributed by atoms with van der Waals surface area (Å²) in [5.74, 6) is 0. The summed E-state index contributed by atoms with van der Waals surface area (Å²) in [4.78, 5) is 5.22. The van der Waals surface area contributed by atoms with Crippen LogP contribution in [0.5, 0.6) is 0 Å². The predicted molar refractivity (Wildman–Crippen MR) is 71.9 cm³/mol. The first-order valence-corrected chi connectivity index (χ1v) is 6.80. The molecule has 0 aliphatic carbocycles. The van der Waals surface area contributed by atoms with Gasteiger partial charge in [-0.1, -0.05) is 33.6 Å². The number of thiazole rings is 1. The highest BCUT2D eigenvalue weighted by molar-refractivity contribution is 9.10. The summed E-state index contributed by atoms with van der Waals surface area (Å²) >= 11 is 11.0. The number of nitrogens with zero attached hydrogens (tertiary/aromatic N) is 1. The molecule has 1 aromatic carbocycles. The molecule has 1 aromatic heterocycles. The van der Waals surface area contributed by atoms with E-state index in [1.165, 1.54) is 4.88 Å². The van der Waals surface area contributed by atoms with Gasteiger partial charge in [0.2, 0.25) is 0 Å².